The van der Waals surface area contributed by atoms with E-state index in [4.69, 9.17) is 22.6 Å². The molecule has 1 aromatic carbocycles. The molecule has 2 N–H and O–H groups in total. The molecule has 0 radical (unpaired) electrons. The van der Waals surface area contributed by atoms with Gasteiger partial charge in [0.1, 0.15) is 5.54 Å². The molecule has 1 heterocycles. The number of hydrogen-bond donors (Lipinski definition) is 1. The molecule has 0 bridgehead atoms. The Morgan fingerprint density at radius 1 is 1.44 bits per heavy atom. The molecule has 1 fully saturated rings. The molecular formula is C14H18ClN3. The van der Waals surface area contributed by atoms with E-state index in [-0.39, 0.29) is 0 Å². The Morgan fingerprint density at radius 2 is 2.17 bits per heavy atom. The first-order valence-electron chi connectivity index (χ1n) is 6.17. The van der Waals surface area contributed by atoms with E-state index in [1.165, 1.54) is 0 Å². The van der Waals surface area contributed by atoms with Crippen LogP contribution in [0.2, 0.25) is 5.02 Å². The summed E-state index contributed by atoms with van der Waals surface area (Å²) in [6.07, 6.45) is 1.68. The van der Waals surface area contributed by atoms with E-state index in [0.717, 1.165) is 41.2 Å². The highest BCUT2D eigenvalue weighted by Gasteiger charge is 2.32. The molecule has 1 aliphatic heterocycles. The highest BCUT2D eigenvalue weighted by Crippen LogP contribution is 2.34. The molecule has 4 heteroatoms. The van der Waals surface area contributed by atoms with Crippen LogP contribution in [0, 0.1) is 25.2 Å². The SMILES string of the molecule is Cc1cc(C)c(N2CCCC(N)(C#N)C2)c(Cl)c1. The number of rotatable bonds is 1. The number of piperidine rings is 1. The van der Waals surface area contributed by atoms with Gasteiger partial charge in [-0.2, -0.15) is 5.26 Å². The summed E-state index contributed by atoms with van der Waals surface area (Å²) < 4.78 is 0. The molecule has 0 aliphatic carbocycles. The number of hydrogen-bond acceptors (Lipinski definition) is 3. The zero-order valence-electron chi connectivity index (χ0n) is 10.8. The molecule has 2 rings (SSSR count). The second kappa shape index (κ2) is 4.79. The molecule has 1 saturated heterocycles. The van der Waals surface area contributed by atoms with Crippen molar-refractivity contribution in [2.75, 3.05) is 18.0 Å². The van der Waals surface area contributed by atoms with Gasteiger partial charge in [0.25, 0.3) is 0 Å². The predicted molar refractivity (Wildman–Crippen MR) is 74.9 cm³/mol. The summed E-state index contributed by atoms with van der Waals surface area (Å²) in [6, 6.07) is 6.30. The second-order valence-corrected chi connectivity index (χ2v) is 5.61. The van der Waals surface area contributed by atoms with Gasteiger partial charge in [-0.1, -0.05) is 17.7 Å². The number of aryl methyl sites for hydroxylation is 2. The number of nitrogens with zero attached hydrogens (tertiary/aromatic N) is 2. The summed E-state index contributed by atoms with van der Waals surface area (Å²) >= 11 is 6.34. The summed E-state index contributed by atoms with van der Waals surface area (Å²) in [7, 11) is 0. The Morgan fingerprint density at radius 3 is 2.78 bits per heavy atom. The van der Waals surface area contributed by atoms with Crippen molar-refractivity contribution in [1.29, 1.82) is 5.26 Å². The van der Waals surface area contributed by atoms with Crippen LogP contribution >= 0.6 is 11.6 Å². The molecule has 0 spiro atoms. The topological polar surface area (TPSA) is 53.0 Å². The van der Waals surface area contributed by atoms with Crippen LogP contribution in [0.5, 0.6) is 0 Å². The number of halogens is 1. The fraction of sp³-hybridized carbons (Fsp3) is 0.500. The Hall–Kier alpha value is -1.24. The number of nitrogens with two attached hydrogens (primary N) is 1. The largest absolute Gasteiger partial charge is 0.367 e. The number of anilines is 1. The van der Waals surface area contributed by atoms with Crippen molar-refractivity contribution < 1.29 is 0 Å². The van der Waals surface area contributed by atoms with E-state index in [2.05, 4.69) is 17.0 Å². The molecular weight excluding hydrogens is 246 g/mol. The maximum absolute atomic E-state index is 9.16. The zero-order chi connectivity index (χ0) is 13.3. The lowest BCUT2D eigenvalue weighted by Crippen LogP contribution is -2.53. The standard InChI is InChI=1S/C14H18ClN3/c1-10-6-11(2)13(12(15)7-10)18-5-3-4-14(17,8-16)9-18/h6-7H,3-5,9,17H2,1-2H3. The van der Waals surface area contributed by atoms with Gasteiger partial charge in [0.15, 0.2) is 0 Å². The van der Waals surface area contributed by atoms with Crippen molar-refractivity contribution in [1.82, 2.24) is 0 Å². The van der Waals surface area contributed by atoms with Gasteiger partial charge in [-0.05, 0) is 43.9 Å². The summed E-state index contributed by atoms with van der Waals surface area (Å²) in [5.74, 6) is 0. The van der Waals surface area contributed by atoms with Crippen LogP contribution in [-0.4, -0.2) is 18.6 Å². The minimum atomic E-state index is -0.751. The third-order valence-corrected chi connectivity index (χ3v) is 3.75. The average Bonchev–Trinajstić information content (AvgIpc) is 2.28. The first-order valence-corrected chi connectivity index (χ1v) is 6.55. The van der Waals surface area contributed by atoms with E-state index in [0.29, 0.717) is 6.54 Å². The summed E-state index contributed by atoms with van der Waals surface area (Å²) in [5, 5.41) is 9.91. The molecule has 1 aliphatic rings. The molecule has 1 atom stereocenters. The van der Waals surface area contributed by atoms with Gasteiger partial charge in [0.2, 0.25) is 0 Å². The first-order chi connectivity index (χ1) is 8.45. The molecule has 96 valence electrons. The van der Waals surface area contributed by atoms with Gasteiger partial charge >= 0.3 is 0 Å². The zero-order valence-corrected chi connectivity index (χ0v) is 11.6. The van der Waals surface area contributed by atoms with Crippen LogP contribution in [0.15, 0.2) is 12.1 Å². The van der Waals surface area contributed by atoms with Crippen molar-refractivity contribution in [2.24, 2.45) is 5.73 Å². The van der Waals surface area contributed by atoms with Crippen LogP contribution < -0.4 is 10.6 Å². The van der Waals surface area contributed by atoms with Crippen molar-refractivity contribution in [3.8, 4) is 6.07 Å². The molecule has 18 heavy (non-hydrogen) atoms. The van der Waals surface area contributed by atoms with Crippen LogP contribution in [0.3, 0.4) is 0 Å². The van der Waals surface area contributed by atoms with Gasteiger partial charge < -0.3 is 10.6 Å². The summed E-state index contributed by atoms with van der Waals surface area (Å²) in [5.41, 5.74) is 8.63. The molecule has 1 unspecified atom stereocenters. The van der Waals surface area contributed by atoms with Crippen molar-refractivity contribution in [2.45, 2.75) is 32.2 Å². The maximum atomic E-state index is 9.16. The highest BCUT2D eigenvalue weighted by atomic mass is 35.5. The number of nitriles is 1. The molecule has 0 aromatic heterocycles. The minimum absolute atomic E-state index is 0.549. The lowest BCUT2D eigenvalue weighted by atomic mass is 9.91. The minimum Gasteiger partial charge on any atom is -0.367 e. The maximum Gasteiger partial charge on any atom is 0.121 e. The lowest BCUT2D eigenvalue weighted by Gasteiger charge is -2.38. The molecule has 0 saturated carbocycles. The highest BCUT2D eigenvalue weighted by molar-refractivity contribution is 6.33. The molecule has 0 amide bonds. The molecule has 1 aromatic rings. The number of benzene rings is 1. The fourth-order valence-electron chi connectivity index (χ4n) is 2.67. The third kappa shape index (κ3) is 2.45. The average molecular weight is 264 g/mol. The first kappa shape index (κ1) is 13.2. The molecule has 3 nitrogen and oxygen atoms in total. The van der Waals surface area contributed by atoms with Gasteiger partial charge in [0, 0.05) is 13.1 Å². The monoisotopic (exact) mass is 263 g/mol. The smallest absolute Gasteiger partial charge is 0.121 e. The predicted octanol–water partition coefficient (Wildman–Crippen LogP) is 2.78. The lowest BCUT2D eigenvalue weighted by molar-refractivity contribution is 0.424. The van der Waals surface area contributed by atoms with Crippen molar-refractivity contribution in [3.05, 3.63) is 28.3 Å². The van der Waals surface area contributed by atoms with E-state index in [9.17, 15) is 0 Å². The van der Waals surface area contributed by atoms with Crippen LogP contribution in [0.4, 0.5) is 5.69 Å². The van der Waals surface area contributed by atoms with Crippen LogP contribution in [0.1, 0.15) is 24.0 Å². The van der Waals surface area contributed by atoms with E-state index in [1.54, 1.807) is 0 Å². The van der Waals surface area contributed by atoms with E-state index < -0.39 is 5.54 Å². The van der Waals surface area contributed by atoms with Gasteiger partial charge in [-0.15, -0.1) is 0 Å². The van der Waals surface area contributed by atoms with Gasteiger partial charge in [-0.3, -0.25) is 0 Å². The Kier molecular flexibility index (Phi) is 3.52. The fourth-order valence-corrected chi connectivity index (χ4v) is 3.12. The Bertz CT molecular complexity index is 483. The van der Waals surface area contributed by atoms with Crippen molar-refractivity contribution >= 4 is 17.3 Å². The van der Waals surface area contributed by atoms with Crippen molar-refractivity contribution in [3.63, 3.8) is 0 Å². The Balaban J connectivity index is 2.35. The van der Waals surface area contributed by atoms with Gasteiger partial charge in [0.05, 0.1) is 16.8 Å². The quantitative estimate of drug-likeness (QED) is 0.848. The van der Waals surface area contributed by atoms with E-state index >= 15 is 0 Å². The second-order valence-electron chi connectivity index (χ2n) is 5.21. The van der Waals surface area contributed by atoms with Gasteiger partial charge in [-0.25, -0.2) is 0 Å². The van der Waals surface area contributed by atoms with Crippen LogP contribution in [0.25, 0.3) is 0 Å². The van der Waals surface area contributed by atoms with E-state index in [1.807, 2.05) is 19.9 Å². The normalized spacial score (nSPS) is 23.8. The van der Waals surface area contributed by atoms with Crippen LogP contribution in [-0.2, 0) is 0 Å². The Labute approximate surface area is 113 Å². The third-order valence-electron chi connectivity index (χ3n) is 3.46. The summed E-state index contributed by atoms with van der Waals surface area (Å²) in [6.45, 7) is 5.53. The summed E-state index contributed by atoms with van der Waals surface area (Å²) in [4.78, 5) is 2.14.